The van der Waals surface area contributed by atoms with Crippen molar-refractivity contribution in [2.24, 2.45) is 5.73 Å². The summed E-state index contributed by atoms with van der Waals surface area (Å²) in [5.41, 5.74) is 8.88. The lowest BCUT2D eigenvalue weighted by atomic mass is 9.94. The summed E-state index contributed by atoms with van der Waals surface area (Å²) in [7, 11) is 1.58. The van der Waals surface area contributed by atoms with Gasteiger partial charge in [-0.05, 0) is 53.4 Å². The molecule has 0 amide bonds. The SMILES string of the molecule is COc1cc(-c2ccc(F)cc2)ccc1CCNC1=C(N)C(=O)c2ncccc2C1=O.[NH3+]O. The smallest absolute Gasteiger partial charge is 0.229 e. The molecule has 0 aliphatic heterocycles. The van der Waals surface area contributed by atoms with Crippen molar-refractivity contribution in [1.29, 1.82) is 0 Å². The summed E-state index contributed by atoms with van der Waals surface area (Å²) in [5, 5.41) is 9.75. The lowest BCUT2D eigenvalue weighted by Gasteiger charge is -2.19. The number of halogens is 1. The number of nitrogens with one attached hydrogen (secondary N) is 1. The zero-order valence-corrected chi connectivity index (χ0v) is 18.0. The maximum atomic E-state index is 13.2. The van der Waals surface area contributed by atoms with Crippen LogP contribution in [0.1, 0.15) is 26.4 Å². The number of nitrogens with two attached hydrogens (primary N) is 1. The standard InChI is InChI=1S/C24H20FN3O3.H4NO/c1-31-19-13-16(14-6-8-17(25)9-7-14)5-4-15(19)10-12-28-22-20(26)24(30)21-18(23(22)29)3-2-11-27-21;1-2/h2-9,11,13,28H,10,12,26H2,1H3;2H,1H3/q;+1. The first-order chi connectivity index (χ1) is 16.0. The average Bonchev–Trinajstić information content (AvgIpc) is 2.86. The normalized spacial score (nSPS) is 12.6. The number of pyridine rings is 1. The number of quaternary nitrogens is 1. The van der Waals surface area contributed by atoms with Gasteiger partial charge in [0.05, 0.1) is 12.7 Å². The Morgan fingerprint density at radius 3 is 2.45 bits per heavy atom. The first kappa shape index (κ1) is 23.6. The first-order valence-electron chi connectivity index (χ1n) is 10.0. The van der Waals surface area contributed by atoms with Crippen LogP contribution in [0.5, 0.6) is 5.75 Å². The van der Waals surface area contributed by atoms with E-state index >= 15 is 0 Å². The van der Waals surface area contributed by atoms with E-state index in [4.69, 9.17) is 15.7 Å². The number of hydrogen-bond acceptors (Lipinski definition) is 7. The number of ether oxygens (including phenoxy) is 1. The highest BCUT2D eigenvalue weighted by molar-refractivity contribution is 6.25. The van der Waals surface area contributed by atoms with E-state index in [2.05, 4.69) is 16.2 Å². The lowest BCUT2D eigenvalue weighted by Crippen LogP contribution is -2.42. The fourth-order valence-electron chi connectivity index (χ4n) is 3.54. The Labute approximate surface area is 189 Å². The number of hydrogen-bond donors (Lipinski definition) is 4. The van der Waals surface area contributed by atoms with Gasteiger partial charge in [-0.15, -0.1) is 0 Å². The number of rotatable bonds is 6. The fourth-order valence-corrected chi connectivity index (χ4v) is 3.54. The van der Waals surface area contributed by atoms with Crippen molar-refractivity contribution >= 4 is 11.6 Å². The fraction of sp³-hybridized carbons (Fsp3) is 0.125. The summed E-state index contributed by atoms with van der Waals surface area (Å²) in [6, 6.07) is 15.1. The van der Waals surface area contributed by atoms with Gasteiger partial charge in [-0.2, -0.15) is 0 Å². The van der Waals surface area contributed by atoms with Crippen LogP contribution in [0.3, 0.4) is 0 Å². The predicted molar refractivity (Wildman–Crippen MR) is 119 cm³/mol. The minimum atomic E-state index is -0.459. The molecule has 0 fully saturated rings. The largest absolute Gasteiger partial charge is 0.496 e. The Morgan fingerprint density at radius 2 is 1.76 bits per heavy atom. The molecule has 1 aliphatic rings. The van der Waals surface area contributed by atoms with Gasteiger partial charge in [-0.25, -0.2) is 15.5 Å². The van der Waals surface area contributed by atoms with Gasteiger partial charge in [-0.1, -0.05) is 24.3 Å². The third-order valence-corrected chi connectivity index (χ3v) is 5.17. The number of fused-ring (bicyclic) bond motifs is 1. The van der Waals surface area contributed by atoms with Crippen molar-refractivity contribution in [1.82, 2.24) is 10.3 Å². The van der Waals surface area contributed by atoms with Crippen LogP contribution in [0.4, 0.5) is 4.39 Å². The van der Waals surface area contributed by atoms with Crippen LogP contribution < -0.4 is 21.7 Å². The molecule has 8 nitrogen and oxygen atoms in total. The number of aromatic nitrogens is 1. The van der Waals surface area contributed by atoms with Crippen molar-refractivity contribution < 1.29 is 29.8 Å². The molecule has 9 heteroatoms. The van der Waals surface area contributed by atoms with Crippen molar-refractivity contribution in [2.45, 2.75) is 6.42 Å². The number of carbonyl (C=O) groups excluding carboxylic acids is 2. The molecule has 7 N–H and O–H groups in total. The van der Waals surface area contributed by atoms with E-state index in [9.17, 15) is 14.0 Å². The van der Waals surface area contributed by atoms with Gasteiger partial charge in [0, 0.05) is 12.7 Å². The third-order valence-electron chi connectivity index (χ3n) is 5.17. The van der Waals surface area contributed by atoms with Gasteiger partial charge in [0.1, 0.15) is 28.7 Å². The van der Waals surface area contributed by atoms with Crippen LogP contribution in [0, 0.1) is 5.82 Å². The molecule has 0 spiro atoms. The van der Waals surface area contributed by atoms with Crippen LogP contribution in [-0.2, 0) is 6.42 Å². The molecular formula is C24H24FN4O4+. The van der Waals surface area contributed by atoms with Crippen molar-refractivity contribution in [3.8, 4) is 16.9 Å². The maximum absolute atomic E-state index is 13.2. The maximum Gasteiger partial charge on any atom is 0.229 e. The van der Waals surface area contributed by atoms with Gasteiger partial charge >= 0.3 is 0 Å². The average molecular weight is 451 g/mol. The van der Waals surface area contributed by atoms with Crippen LogP contribution in [0.25, 0.3) is 11.1 Å². The van der Waals surface area contributed by atoms with Crippen LogP contribution in [0.15, 0.2) is 72.2 Å². The summed E-state index contributed by atoms with van der Waals surface area (Å²) >= 11 is 0. The third kappa shape index (κ3) is 4.89. The van der Waals surface area contributed by atoms with Crippen molar-refractivity contribution in [3.63, 3.8) is 0 Å². The molecule has 1 aromatic heterocycles. The van der Waals surface area contributed by atoms with Gasteiger partial charge < -0.3 is 15.8 Å². The van der Waals surface area contributed by atoms with Crippen molar-refractivity contribution in [2.75, 3.05) is 13.7 Å². The highest BCUT2D eigenvalue weighted by Crippen LogP contribution is 2.28. The summed E-state index contributed by atoms with van der Waals surface area (Å²) in [4.78, 5) is 29.1. The predicted octanol–water partition coefficient (Wildman–Crippen LogP) is 1.90. The zero-order chi connectivity index (χ0) is 24.0. The molecule has 2 aromatic carbocycles. The number of carbonyl (C=O) groups is 2. The van der Waals surface area contributed by atoms with Gasteiger partial charge in [0.15, 0.2) is 0 Å². The molecule has 0 bridgehead atoms. The summed E-state index contributed by atoms with van der Waals surface area (Å²) in [5.74, 6) is 1.82. The highest BCUT2D eigenvalue weighted by Gasteiger charge is 2.31. The monoisotopic (exact) mass is 451 g/mol. The molecule has 0 unspecified atom stereocenters. The second-order valence-corrected chi connectivity index (χ2v) is 7.06. The molecule has 3 aromatic rings. The summed E-state index contributed by atoms with van der Waals surface area (Å²) in [6.45, 7) is 0.372. The number of ketones is 2. The molecule has 0 radical (unpaired) electrons. The molecular weight excluding hydrogens is 427 g/mol. The molecule has 4 rings (SSSR count). The Kier molecular flexibility index (Phi) is 7.50. The molecule has 0 atom stereocenters. The van der Waals surface area contributed by atoms with Crippen LogP contribution >= 0.6 is 0 Å². The zero-order valence-electron chi connectivity index (χ0n) is 18.0. The van der Waals surface area contributed by atoms with Gasteiger partial charge in [0.2, 0.25) is 11.6 Å². The lowest BCUT2D eigenvalue weighted by molar-refractivity contribution is -0.670. The second kappa shape index (κ2) is 10.5. The molecule has 1 heterocycles. The van der Waals surface area contributed by atoms with E-state index in [-0.39, 0.29) is 34.3 Å². The Bertz CT molecular complexity index is 1210. The van der Waals surface area contributed by atoms with E-state index in [0.717, 1.165) is 16.7 Å². The van der Waals surface area contributed by atoms with E-state index in [1.165, 1.54) is 18.3 Å². The molecule has 1 aliphatic carbocycles. The highest BCUT2D eigenvalue weighted by atomic mass is 19.1. The molecule has 0 saturated carbocycles. The minimum Gasteiger partial charge on any atom is -0.496 e. The Balaban J connectivity index is 0.00000149. The van der Waals surface area contributed by atoms with Crippen LogP contribution in [0.2, 0.25) is 0 Å². The van der Waals surface area contributed by atoms with Crippen molar-refractivity contribution in [3.05, 3.63) is 94.8 Å². The number of allylic oxidation sites excluding steroid dienone is 2. The topological polar surface area (TPSA) is 142 Å². The van der Waals surface area contributed by atoms with E-state index < -0.39 is 5.78 Å². The molecule has 0 saturated heterocycles. The summed E-state index contributed by atoms with van der Waals surface area (Å²) < 4.78 is 18.7. The van der Waals surface area contributed by atoms with E-state index in [1.54, 1.807) is 31.4 Å². The van der Waals surface area contributed by atoms with Crippen LogP contribution in [-0.4, -0.2) is 35.4 Å². The Morgan fingerprint density at radius 1 is 1.06 bits per heavy atom. The number of Topliss-reactive ketones (excluding diaryl/α,β-unsaturated/α-hetero) is 2. The van der Waals surface area contributed by atoms with E-state index in [1.807, 2.05) is 18.2 Å². The minimum absolute atomic E-state index is 0.0774. The van der Waals surface area contributed by atoms with E-state index in [0.29, 0.717) is 18.7 Å². The summed E-state index contributed by atoms with van der Waals surface area (Å²) in [6.07, 6.45) is 1.99. The Hall–Kier alpha value is -4.08. The second-order valence-electron chi connectivity index (χ2n) is 7.06. The molecule has 33 heavy (non-hydrogen) atoms. The quantitative estimate of drug-likeness (QED) is 0.419. The number of methoxy groups -OCH3 is 1. The van der Waals surface area contributed by atoms with Gasteiger partial charge in [0.25, 0.3) is 0 Å². The molecule has 170 valence electrons. The van der Waals surface area contributed by atoms with Gasteiger partial charge in [-0.3, -0.25) is 14.6 Å². The first-order valence-corrected chi connectivity index (χ1v) is 10.0. The number of nitrogens with zero attached hydrogens (tertiary/aromatic N) is 1. The number of benzene rings is 2.